The van der Waals surface area contributed by atoms with E-state index in [1.165, 1.54) is 13.4 Å². The van der Waals surface area contributed by atoms with E-state index in [1.54, 1.807) is 54.5 Å². The van der Waals surface area contributed by atoms with Crippen molar-refractivity contribution in [3.8, 4) is 16.9 Å². The molecule has 0 radical (unpaired) electrons. The second-order valence-electron chi connectivity index (χ2n) is 10.0. The van der Waals surface area contributed by atoms with Crippen LogP contribution in [0, 0.1) is 0 Å². The Balaban J connectivity index is 1.69. The van der Waals surface area contributed by atoms with Crippen molar-refractivity contribution in [1.29, 1.82) is 0 Å². The summed E-state index contributed by atoms with van der Waals surface area (Å²) in [6.07, 6.45) is -4.33. The number of hydrogen-bond acceptors (Lipinski definition) is 8. The van der Waals surface area contributed by atoms with Crippen molar-refractivity contribution >= 4 is 28.9 Å². The molecule has 10 nitrogen and oxygen atoms in total. The highest BCUT2D eigenvalue weighted by Gasteiger charge is 2.53. The number of nitrogens with one attached hydrogen (secondary N) is 1. The lowest BCUT2D eigenvalue weighted by Gasteiger charge is -2.40. The van der Waals surface area contributed by atoms with E-state index in [-0.39, 0.29) is 31.7 Å². The number of piperidine rings is 1. The first-order chi connectivity index (χ1) is 17.2. The van der Waals surface area contributed by atoms with Gasteiger partial charge in [-0.3, -0.25) is 5.32 Å². The number of hydrogen-bond donors (Lipinski definition) is 3. The van der Waals surface area contributed by atoms with Gasteiger partial charge in [-0.15, -0.1) is 0 Å². The van der Waals surface area contributed by atoms with Crippen LogP contribution in [0.1, 0.15) is 33.6 Å². The third-order valence-corrected chi connectivity index (χ3v) is 6.26. The molecule has 0 spiro atoms. The van der Waals surface area contributed by atoms with Gasteiger partial charge in [0.25, 0.3) is 0 Å². The van der Waals surface area contributed by atoms with Gasteiger partial charge < -0.3 is 25.8 Å². The molecule has 0 atom stereocenters. The molecule has 0 unspecified atom stereocenters. The monoisotopic (exact) mass is 521 g/mol. The lowest BCUT2D eigenvalue weighted by atomic mass is 9.88. The number of carbonyl (C=O) groups excluding carboxylic acids is 1. The van der Waals surface area contributed by atoms with Gasteiger partial charge in [0.15, 0.2) is 5.82 Å². The van der Waals surface area contributed by atoms with Crippen molar-refractivity contribution in [1.82, 2.24) is 14.6 Å². The number of aromatic nitrogens is 3. The van der Waals surface area contributed by atoms with Crippen LogP contribution in [0.5, 0.6) is 5.75 Å². The van der Waals surface area contributed by atoms with Gasteiger partial charge in [0.05, 0.1) is 12.8 Å². The number of ether oxygens (including phenoxy) is 2. The second-order valence-corrected chi connectivity index (χ2v) is 10.0. The van der Waals surface area contributed by atoms with E-state index in [9.17, 15) is 18.0 Å². The summed E-state index contributed by atoms with van der Waals surface area (Å²) < 4.78 is 52.6. The largest absolute Gasteiger partial charge is 0.495 e. The summed E-state index contributed by atoms with van der Waals surface area (Å²) in [5.41, 5.74) is 11.2. The summed E-state index contributed by atoms with van der Waals surface area (Å²) in [6.45, 7) is 5.46. The molecule has 2 aromatic heterocycles. The summed E-state index contributed by atoms with van der Waals surface area (Å²) >= 11 is 0. The number of fused-ring (bicyclic) bond motifs is 1. The quantitative estimate of drug-likeness (QED) is 0.465. The minimum absolute atomic E-state index is 0.0908. The van der Waals surface area contributed by atoms with E-state index in [0.29, 0.717) is 33.9 Å². The Hall–Kier alpha value is -3.74. The van der Waals surface area contributed by atoms with E-state index in [2.05, 4.69) is 15.4 Å². The van der Waals surface area contributed by atoms with Crippen LogP contribution < -0.4 is 26.4 Å². The third-order valence-electron chi connectivity index (χ3n) is 6.26. The van der Waals surface area contributed by atoms with E-state index in [0.717, 1.165) is 0 Å². The predicted octanol–water partition coefficient (Wildman–Crippen LogP) is 4.19. The Labute approximate surface area is 211 Å². The van der Waals surface area contributed by atoms with Crippen molar-refractivity contribution in [2.75, 3.05) is 36.1 Å². The van der Waals surface area contributed by atoms with Gasteiger partial charge >= 0.3 is 12.3 Å². The maximum absolute atomic E-state index is 13.4. The van der Waals surface area contributed by atoms with Crippen LogP contribution in [0.25, 0.3) is 16.6 Å². The number of alkyl halides is 3. The highest BCUT2D eigenvalue weighted by Crippen LogP contribution is 2.41. The molecule has 4 rings (SSSR count). The van der Waals surface area contributed by atoms with Gasteiger partial charge in [-0.05, 0) is 57.4 Å². The first-order valence-electron chi connectivity index (χ1n) is 11.6. The molecule has 3 aromatic rings. The maximum Gasteiger partial charge on any atom is 0.412 e. The summed E-state index contributed by atoms with van der Waals surface area (Å²) in [7, 11) is 1.47. The number of carbonyl (C=O) groups is 1. The molecule has 5 N–H and O–H groups in total. The van der Waals surface area contributed by atoms with E-state index in [4.69, 9.17) is 20.9 Å². The standard InChI is InChI=1S/C24H30F3N7O3/c1-22(2,3)37-21(35)32-16-6-5-14(11-17(16)36-4)15-12-18(34-19(15)20(28)30-13-31-34)33-9-7-23(29,8-10-33)24(25,26)27/h5-6,11-13H,7-10,29H2,1-4H3,(H,32,35)(H2,28,30,31). The molecule has 3 heterocycles. The van der Waals surface area contributed by atoms with Crippen molar-refractivity contribution in [2.24, 2.45) is 5.73 Å². The number of rotatable bonds is 4. The number of nitrogens with zero attached hydrogens (tertiary/aromatic N) is 4. The highest BCUT2D eigenvalue weighted by atomic mass is 19.4. The molecule has 1 aliphatic rings. The van der Waals surface area contributed by atoms with Crippen LogP contribution in [-0.4, -0.2) is 58.2 Å². The van der Waals surface area contributed by atoms with Crippen molar-refractivity contribution in [3.05, 3.63) is 30.6 Å². The average molecular weight is 522 g/mol. The smallest absolute Gasteiger partial charge is 0.412 e. The summed E-state index contributed by atoms with van der Waals surface area (Å²) in [6, 6.07) is 6.93. The van der Waals surface area contributed by atoms with Crippen LogP contribution in [0.2, 0.25) is 0 Å². The lowest BCUT2D eigenvalue weighted by Crippen LogP contribution is -2.59. The van der Waals surface area contributed by atoms with Crippen molar-refractivity contribution in [2.45, 2.75) is 50.9 Å². The second kappa shape index (κ2) is 9.29. The summed E-state index contributed by atoms with van der Waals surface area (Å²) in [4.78, 5) is 18.1. The van der Waals surface area contributed by atoms with Crippen molar-refractivity contribution < 1.29 is 27.4 Å². The SMILES string of the molecule is COc1cc(-c2cc(N3CCC(N)(C(F)(F)F)CC3)n3ncnc(N)c23)ccc1NC(=O)OC(C)(C)C. The molecule has 200 valence electrons. The molecule has 1 aliphatic heterocycles. The minimum atomic E-state index is -4.48. The number of halogens is 3. The number of nitrogens with two attached hydrogens (primary N) is 2. The third kappa shape index (κ3) is 5.22. The van der Waals surface area contributed by atoms with Crippen molar-refractivity contribution in [3.63, 3.8) is 0 Å². The van der Waals surface area contributed by atoms with E-state index in [1.807, 2.05) is 0 Å². The first kappa shape index (κ1) is 26.3. The van der Waals surface area contributed by atoms with Gasteiger partial charge in [-0.1, -0.05) is 6.07 Å². The fourth-order valence-corrected chi connectivity index (χ4v) is 4.29. The fraction of sp³-hybridized carbons (Fsp3) is 0.458. The molecular weight excluding hydrogens is 491 g/mol. The van der Waals surface area contributed by atoms with Crippen LogP contribution in [0.3, 0.4) is 0 Å². The summed E-state index contributed by atoms with van der Waals surface area (Å²) in [5, 5.41) is 6.98. The number of methoxy groups -OCH3 is 1. The normalized spacial score (nSPS) is 16.1. The van der Waals surface area contributed by atoms with Crippen LogP contribution in [0.4, 0.5) is 35.3 Å². The topological polar surface area (TPSA) is 133 Å². The van der Waals surface area contributed by atoms with Gasteiger partial charge in [-0.2, -0.15) is 18.3 Å². The molecule has 0 saturated carbocycles. The van der Waals surface area contributed by atoms with Gasteiger partial charge in [0, 0.05) is 18.7 Å². The Morgan fingerprint density at radius 1 is 1.16 bits per heavy atom. The van der Waals surface area contributed by atoms with Gasteiger partial charge in [0.2, 0.25) is 0 Å². The number of amides is 1. The molecule has 1 amide bonds. The Bertz CT molecular complexity index is 1310. The molecule has 1 aromatic carbocycles. The number of benzene rings is 1. The predicted molar refractivity (Wildman–Crippen MR) is 134 cm³/mol. The van der Waals surface area contributed by atoms with E-state index < -0.39 is 23.4 Å². The zero-order chi connectivity index (χ0) is 27.2. The van der Waals surface area contributed by atoms with Crippen LogP contribution in [-0.2, 0) is 4.74 Å². The minimum Gasteiger partial charge on any atom is -0.495 e. The molecule has 1 saturated heterocycles. The Kier molecular flexibility index (Phi) is 6.61. The van der Waals surface area contributed by atoms with Crippen LogP contribution in [0.15, 0.2) is 30.6 Å². The number of nitrogen functional groups attached to an aromatic ring is 1. The molecule has 1 fully saturated rings. The zero-order valence-corrected chi connectivity index (χ0v) is 21.0. The lowest BCUT2D eigenvalue weighted by molar-refractivity contribution is -0.191. The average Bonchev–Trinajstić information content (AvgIpc) is 3.19. The van der Waals surface area contributed by atoms with E-state index >= 15 is 0 Å². The van der Waals surface area contributed by atoms with Crippen LogP contribution >= 0.6 is 0 Å². The molecule has 13 heteroatoms. The Morgan fingerprint density at radius 2 is 1.84 bits per heavy atom. The Morgan fingerprint density at radius 3 is 2.43 bits per heavy atom. The maximum atomic E-state index is 13.4. The van der Waals surface area contributed by atoms with Gasteiger partial charge in [-0.25, -0.2) is 14.3 Å². The fourth-order valence-electron chi connectivity index (χ4n) is 4.29. The molecule has 37 heavy (non-hydrogen) atoms. The molecule has 0 bridgehead atoms. The highest BCUT2D eigenvalue weighted by molar-refractivity contribution is 5.93. The van der Waals surface area contributed by atoms with Gasteiger partial charge in [0.1, 0.15) is 34.6 Å². The molecular formula is C24H30F3N7O3. The zero-order valence-electron chi connectivity index (χ0n) is 21.0. The number of anilines is 3. The molecule has 0 aliphatic carbocycles. The summed E-state index contributed by atoms with van der Waals surface area (Å²) in [5.74, 6) is 1.14. The first-order valence-corrected chi connectivity index (χ1v) is 11.6.